The number of amides is 1. The van der Waals surface area contributed by atoms with Crippen molar-refractivity contribution < 1.29 is 19.0 Å². The van der Waals surface area contributed by atoms with Gasteiger partial charge in [0.25, 0.3) is 0 Å². The van der Waals surface area contributed by atoms with Crippen molar-refractivity contribution in [3.05, 3.63) is 29.8 Å². The molecule has 1 fully saturated rings. The molecule has 0 saturated carbocycles. The SMILES string of the molecule is CSCCc1nc(CN2CCOC2=O)n(-c2ccc3c(c2)OCCO3)n1. The number of carbonyl (C=O) groups is 1. The molecule has 2 aliphatic rings. The van der Waals surface area contributed by atoms with Crippen LogP contribution < -0.4 is 9.47 Å². The van der Waals surface area contributed by atoms with Crippen molar-refractivity contribution in [2.45, 2.75) is 13.0 Å². The highest BCUT2D eigenvalue weighted by molar-refractivity contribution is 7.98. The molecule has 1 aromatic carbocycles. The number of aryl methyl sites for hydroxylation is 1. The Morgan fingerprint density at radius 1 is 1.15 bits per heavy atom. The lowest BCUT2D eigenvalue weighted by Crippen LogP contribution is -2.25. The molecule has 8 nitrogen and oxygen atoms in total. The fraction of sp³-hybridized carbons (Fsp3) is 0.471. The second-order valence-corrected chi connectivity index (χ2v) is 6.95. The minimum absolute atomic E-state index is 0.313. The lowest BCUT2D eigenvalue weighted by Gasteiger charge is -2.19. The number of hydrogen-bond donors (Lipinski definition) is 0. The lowest BCUT2D eigenvalue weighted by molar-refractivity contribution is 0.156. The van der Waals surface area contributed by atoms with E-state index in [-0.39, 0.29) is 6.09 Å². The predicted octanol–water partition coefficient (Wildman–Crippen LogP) is 1.90. The molecule has 1 aromatic heterocycles. The van der Waals surface area contributed by atoms with E-state index in [9.17, 15) is 4.79 Å². The van der Waals surface area contributed by atoms with E-state index in [1.807, 2.05) is 18.2 Å². The first-order valence-corrected chi connectivity index (χ1v) is 9.89. The Hall–Kier alpha value is -2.42. The summed E-state index contributed by atoms with van der Waals surface area (Å²) in [7, 11) is 0. The van der Waals surface area contributed by atoms with E-state index in [1.54, 1.807) is 21.3 Å². The van der Waals surface area contributed by atoms with Crippen LogP contribution in [-0.2, 0) is 17.7 Å². The molecule has 0 aliphatic carbocycles. The summed E-state index contributed by atoms with van der Waals surface area (Å²) >= 11 is 1.75. The Labute approximate surface area is 155 Å². The van der Waals surface area contributed by atoms with Crippen LogP contribution in [0.1, 0.15) is 11.6 Å². The van der Waals surface area contributed by atoms with E-state index >= 15 is 0 Å². The molecule has 138 valence electrons. The summed E-state index contributed by atoms with van der Waals surface area (Å²) in [6.07, 6.45) is 2.52. The van der Waals surface area contributed by atoms with Gasteiger partial charge in [-0.25, -0.2) is 14.5 Å². The third-order valence-electron chi connectivity index (χ3n) is 4.20. The van der Waals surface area contributed by atoms with Crippen molar-refractivity contribution >= 4 is 17.9 Å². The van der Waals surface area contributed by atoms with E-state index in [4.69, 9.17) is 14.2 Å². The van der Waals surface area contributed by atoms with Crippen molar-refractivity contribution in [1.29, 1.82) is 0 Å². The van der Waals surface area contributed by atoms with Crippen molar-refractivity contribution in [2.75, 3.05) is 38.4 Å². The summed E-state index contributed by atoms with van der Waals surface area (Å²) < 4.78 is 18.1. The Bertz CT molecular complexity index is 810. The van der Waals surface area contributed by atoms with Gasteiger partial charge in [-0.1, -0.05) is 0 Å². The molecule has 0 bridgehead atoms. The van der Waals surface area contributed by atoms with Gasteiger partial charge in [0.05, 0.1) is 18.8 Å². The first kappa shape index (κ1) is 17.0. The minimum atomic E-state index is -0.313. The van der Waals surface area contributed by atoms with E-state index in [0.29, 0.717) is 44.5 Å². The zero-order valence-corrected chi connectivity index (χ0v) is 15.3. The zero-order valence-electron chi connectivity index (χ0n) is 14.5. The molecular weight excluding hydrogens is 356 g/mol. The fourth-order valence-corrected chi connectivity index (χ4v) is 3.29. The molecule has 0 atom stereocenters. The number of cyclic esters (lactones) is 1. The topological polar surface area (TPSA) is 78.7 Å². The molecule has 2 aromatic rings. The molecule has 1 saturated heterocycles. The molecule has 0 radical (unpaired) electrons. The van der Waals surface area contributed by atoms with Gasteiger partial charge in [0.2, 0.25) is 0 Å². The van der Waals surface area contributed by atoms with Crippen LogP contribution in [0.4, 0.5) is 4.79 Å². The number of hydrogen-bond acceptors (Lipinski definition) is 7. The second-order valence-electron chi connectivity index (χ2n) is 5.96. The van der Waals surface area contributed by atoms with Crippen LogP contribution in [0.3, 0.4) is 0 Å². The maximum atomic E-state index is 11.8. The van der Waals surface area contributed by atoms with Gasteiger partial charge < -0.3 is 14.2 Å². The van der Waals surface area contributed by atoms with Crippen LogP contribution in [0.15, 0.2) is 18.2 Å². The quantitative estimate of drug-likeness (QED) is 0.762. The fourth-order valence-electron chi connectivity index (χ4n) is 2.90. The maximum Gasteiger partial charge on any atom is 0.410 e. The molecule has 3 heterocycles. The highest BCUT2D eigenvalue weighted by Gasteiger charge is 2.25. The average Bonchev–Trinajstić information content (AvgIpc) is 3.26. The highest BCUT2D eigenvalue weighted by Crippen LogP contribution is 2.32. The highest BCUT2D eigenvalue weighted by atomic mass is 32.2. The number of fused-ring (bicyclic) bond motifs is 1. The number of benzene rings is 1. The van der Waals surface area contributed by atoms with Gasteiger partial charge in [-0.2, -0.15) is 16.9 Å². The van der Waals surface area contributed by atoms with Gasteiger partial charge in [-0.15, -0.1) is 0 Å². The molecule has 0 spiro atoms. The predicted molar refractivity (Wildman–Crippen MR) is 96.2 cm³/mol. The molecule has 4 rings (SSSR count). The first-order chi connectivity index (χ1) is 12.7. The van der Waals surface area contributed by atoms with Crippen LogP contribution >= 0.6 is 11.8 Å². The maximum absolute atomic E-state index is 11.8. The molecule has 26 heavy (non-hydrogen) atoms. The normalized spacial score (nSPS) is 16.0. The van der Waals surface area contributed by atoms with E-state index in [1.165, 1.54) is 0 Å². The standard InChI is InChI=1S/C17H20N4O4S/c1-26-9-4-15-18-16(11-20-5-6-25-17(20)22)21(19-15)12-2-3-13-14(10-12)24-8-7-23-13/h2-3,10H,4-9,11H2,1H3. The minimum Gasteiger partial charge on any atom is -0.486 e. The average molecular weight is 376 g/mol. The van der Waals surface area contributed by atoms with Crippen molar-refractivity contribution in [1.82, 2.24) is 19.7 Å². The molecule has 0 N–H and O–H groups in total. The van der Waals surface area contributed by atoms with Crippen molar-refractivity contribution in [2.24, 2.45) is 0 Å². The lowest BCUT2D eigenvalue weighted by atomic mass is 10.2. The van der Waals surface area contributed by atoms with Gasteiger partial charge in [0.1, 0.15) is 19.8 Å². The van der Waals surface area contributed by atoms with Crippen molar-refractivity contribution in [3.8, 4) is 17.2 Å². The number of carbonyl (C=O) groups excluding carboxylic acids is 1. The summed E-state index contributed by atoms with van der Waals surface area (Å²) in [6, 6.07) is 5.70. The van der Waals surface area contributed by atoms with E-state index in [2.05, 4.69) is 16.3 Å². The summed E-state index contributed by atoms with van der Waals surface area (Å²) in [5, 5.41) is 4.65. The largest absolute Gasteiger partial charge is 0.486 e. The second kappa shape index (κ2) is 7.45. The number of rotatable bonds is 6. The Balaban J connectivity index is 1.66. The van der Waals surface area contributed by atoms with Crippen LogP contribution in [0, 0.1) is 0 Å². The van der Waals surface area contributed by atoms with Crippen molar-refractivity contribution in [3.63, 3.8) is 0 Å². The monoisotopic (exact) mass is 376 g/mol. The number of aromatic nitrogens is 3. The van der Waals surface area contributed by atoms with Gasteiger partial charge in [-0.3, -0.25) is 4.90 Å². The summed E-state index contributed by atoms with van der Waals surface area (Å²) in [5.41, 5.74) is 0.833. The number of ether oxygens (including phenoxy) is 3. The van der Waals surface area contributed by atoms with Crippen LogP contribution in [0.2, 0.25) is 0 Å². The summed E-state index contributed by atoms with van der Waals surface area (Å²) in [5.74, 6) is 3.83. The van der Waals surface area contributed by atoms with Crippen LogP contribution in [-0.4, -0.2) is 64.1 Å². The third-order valence-corrected chi connectivity index (χ3v) is 4.81. The summed E-state index contributed by atoms with van der Waals surface area (Å²) in [4.78, 5) is 18.1. The van der Waals surface area contributed by atoms with Gasteiger partial charge >= 0.3 is 6.09 Å². The molecule has 9 heteroatoms. The van der Waals surface area contributed by atoms with E-state index < -0.39 is 0 Å². The van der Waals surface area contributed by atoms with Crippen LogP contribution in [0.5, 0.6) is 11.5 Å². The molecule has 0 unspecified atom stereocenters. The van der Waals surface area contributed by atoms with Gasteiger partial charge in [-0.05, 0) is 18.4 Å². The Morgan fingerprint density at radius 3 is 2.77 bits per heavy atom. The summed E-state index contributed by atoms with van der Waals surface area (Å²) in [6.45, 7) is 2.42. The van der Waals surface area contributed by atoms with E-state index in [0.717, 1.165) is 29.4 Å². The van der Waals surface area contributed by atoms with Crippen LogP contribution in [0.25, 0.3) is 5.69 Å². The molecule has 2 aliphatic heterocycles. The molecular formula is C17H20N4O4S. The van der Waals surface area contributed by atoms with Gasteiger partial charge in [0, 0.05) is 18.2 Å². The number of nitrogens with zero attached hydrogens (tertiary/aromatic N) is 4. The smallest absolute Gasteiger partial charge is 0.410 e. The third kappa shape index (κ3) is 3.44. The number of thioether (sulfide) groups is 1. The molecule has 1 amide bonds. The first-order valence-electron chi connectivity index (χ1n) is 8.50. The zero-order chi connectivity index (χ0) is 17.9. The van der Waals surface area contributed by atoms with Gasteiger partial charge in [0.15, 0.2) is 23.1 Å². The Morgan fingerprint density at radius 2 is 2.00 bits per heavy atom. The Kier molecular flexibility index (Phi) is 4.87.